The third-order valence-corrected chi connectivity index (χ3v) is 5.57. The molecule has 4 aromatic rings. The number of hydrogen-bond donors (Lipinski definition) is 2. The molecular formula is C22H19Cl2N5O4. The Hall–Kier alpha value is -3.69. The van der Waals surface area contributed by atoms with Crippen molar-refractivity contribution in [1.29, 1.82) is 0 Å². The Balaban J connectivity index is 2.09. The summed E-state index contributed by atoms with van der Waals surface area (Å²) in [6, 6.07) is 8.34. The third kappa shape index (κ3) is 3.85. The molecule has 11 heteroatoms. The second-order valence-corrected chi connectivity index (χ2v) is 7.57. The molecule has 2 heterocycles. The number of primary amides is 1. The number of amides is 1. The second-order valence-electron chi connectivity index (χ2n) is 6.75. The monoisotopic (exact) mass is 487 g/mol. The quantitative estimate of drug-likeness (QED) is 0.392. The number of carbonyl (C=O) groups is 1. The minimum atomic E-state index is -0.712. The van der Waals surface area contributed by atoms with Crippen LogP contribution in [0.4, 0.5) is 11.5 Å². The number of aromatic nitrogens is 3. The smallest absolute Gasteiger partial charge is 0.249 e. The van der Waals surface area contributed by atoms with Gasteiger partial charge < -0.3 is 25.3 Å². The molecule has 170 valence electrons. The van der Waals surface area contributed by atoms with Gasteiger partial charge in [0.05, 0.1) is 48.2 Å². The molecule has 9 nitrogen and oxygen atoms in total. The standard InChI is InChI=1S/C22H19Cl2N5O4/c1-31-14-10-11(20(25)30)15(19(33-3)18(14)32-2)17-21(29-9-5-8-26-22(29)28-17)27-16-12(23)6-4-7-13(16)24/h4-10,27H,1-3H3,(H2,25,30). The predicted octanol–water partition coefficient (Wildman–Crippen LogP) is 4.57. The van der Waals surface area contributed by atoms with Crippen molar-refractivity contribution in [3.63, 3.8) is 0 Å². The highest BCUT2D eigenvalue weighted by Crippen LogP contribution is 2.48. The first kappa shape index (κ1) is 22.5. The number of benzene rings is 2. The molecule has 0 radical (unpaired) electrons. The zero-order valence-corrected chi connectivity index (χ0v) is 19.4. The molecule has 0 unspecified atom stereocenters. The summed E-state index contributed by atoms with van der Waals surface area (Å²) in [5, 5.41) is 4.01. The average molecular weight is 488 g/mol. The normalized spacial score (nSPS) is 10.8. The van der Waals surface area contributed by atoms with E-state index in [2.05, 4.69) is 15.3 Å². The van der Waals surface area contributed by atoms with Crippen molar-refractivity contribution >= 4 is 46.4 Å². The Labute approximate surface area is 199 Å². The molecule has 33 heavy (non-hydrogen) atoms. The van der Waals surface area contributed by atoms with E-state index in [9.17, 15) is 4.79 Å². The molecule has 0 fully saturated rings. The van der Waals surface area contributed by atoms with Crippen molar-refractivity contribution in [2.24, 2.45) is 5.73 Å². The molecule has 4 rings (SSSR count). The molecule has 0 aliphatic rings. The maximum Gasteiger partial charge on any atom is 0.249 e. The molecule has 0 saturated carbocycles. The van der Waals surface area contributed by atoms with Crippen LogP contribution in [-0.4, -0.2) is 41.6 Å². The number of rotatable bonds is 7. The van der Waals surface area contributed by atoms with Crippen LogP contribution in [0, 0.1) is 0 Å². The molecule has 0 saturated heterocycles. The van der Waals surface area contributed by atoms with Gasteiger partial charge in [0.2, 0.25) is 17.4 Å². The SMILES string of the molecule is COc1cc(C(N)=O)c(-c2nc3ncccn3c2Nc2c(Cl)cccc2Cl)c(OC)c1OC. The van der Waals surface area contributed by atoms with Crippen molar-refractivity contribution < 1.29 is 19.0 Å². The topological polar surface area (TPSA) is 113 Å². The minimum Gasteiger partial charge on any atom is -0.493 e. The van der Waals surface area contributed by atoms with Gasteiger partial charge in [-0.15, -0.1) is 0 Å². The first-order valence-corrected chi connectivity index (χ1v) is 10.3. The summed E-state index contributed by atoms with van der Waals surface area (Å²) in [6.45, 7) is 0. The van der Waals surface area contributed by atoms with Crippen LogP contribution >= 0.6 is 23.2 Å². The van der Waals surface area contributed by atoms with E-state index in [1.54, 1.807) is 41.1 Å². The fourth-order valence-electron chi connectivity index (χ4n) is 3.50. The van der Waals surface area contributed by atoms with E-state index >= 15 is 0 Å². The number of ether oxygens (including phenoxy) is 3. The number of imidazole rings is 1. The van der Waals surface area contributed by atoms with Crippen LogP contribution in [0.25, 0.3) is 17.0 Å². The summed E-state index contributed by atoms with van der Waals surface area (Å²) in [5.74, 6) is 0.828. The average Bonchev–Trinajstić information content (AvgIpc) is 3.17. The van der Waals surface area contributed by atoms with Crippen LogP contribution in [0.5, 0.6) is 17.2 Å². The Bertz CT molecular complexity index is 1350. The van der Waals surface area contributed by atoms with Gasteiger partial charge in [0.1, 0.15) is 11.5 Å². The molecule has 3 N–H and O–H groups in total. The molecule has 2 aromatic carbocycles. The zero-order chi connectivity index (χ0) is 23.7. The second kappa shape index (κ2) is 9.05. The van der Waals surface area contributed by atoms with E-state index < -0.39 is 5.91 Å². The molecule has 0 bridgehead atoms. The van der Waals surface area contributed by atoms with Crippen LogP contribution in [0.1, 0.15) is 10.4 Å². The Morgan fingerprint density at radius 2 is 1.76 bits per heavy atom. The molecule has 2 aromatic heterocycles. The Morgan fingerprint density at radius 1 is 1.06 bits per heavy atom. The summed E-state index contributed by atoms with van der Waals surface area (Å²) in [6.07, 6.45) is 3.35. The maximum absolute atomic E-state index is 12.5. The van der Waals surface area contributed by atoms with Crippen LogP contribution in [0.15, 0.2) is 42.7 Å². The van der Waals surface area contributed by atoms with Crippen LogP contribution in [0.2, 0.25) is 10.0 Å². The summed E-state index contributed by atoms with van der Waals surface area (Å²) >= 11 is 12.8. The van der Waals surface area contributed by atoms with Gasteiger partial charge >= 0.3 is 0 Å². The number of fused-ring (bicyclic) bond motifs is 1. The van der Waals surface area contributed by atoms with E-state index in [4.69, 9.17) is 43.1 Å². The number of anilines is 2. The number of nitrogens with one attached hydrogen (secondary N) is 1. The summed E-state index contributed by atoms with van der Waals surface area (Å²) in [5.41, 5.74) is 6.90. The van der Waals surface area contributed by atoms with Gasteiger partial charge in [0, 0.05) is 12.4 Å². The van der Waals surface area contributed by atoms with Crippen molar-refractivity contribution in [3.05, 3.63) is 58.3 Å². The first-order chi connectivity index (χ1) is 15.9. The van der Waals surface area contributed by atoms with Crippen molar-refractivity contribution in [3.8, 4) is 28.5 Å². The Kier molecular flexibility index (Phi) is 6.17. The van der Waals surface area contributed by atoms with Crippen molar-refractivity contribution in [2.75, 3.05) is 26.6 Å². The van der Waals surface area contributed by atoms with E-state index in [1.807, 2.05) is 0 Å². The van der Waals surface area contributed by atoms with Gasteiger partial charge in [-0.05, 0) is 24.3 Å². The van der Waals surface area contributed by atoms with E-state index in [1.165, 1.54) is 27.4 Å². The lowest BCUT2D eigenvalue weighted by molar-refractivity contribution is 0.1000. The minimum absolute atomic E-state index is 0.112. The number of carbonyl (C=O) groups excluding carboxylic acids is 1. The van der Waals surface area contributed by atoms with E-state index in [0.717, 1.165) is 0 Å². The van der Waals surface area contributed by atoms with Gasteiger partial charge in [-0.3, -0.25) is 9.20 Å². The van der Waals surface area contributed by atoms with Gasteiger partial charge in [-0.1, -0.05) is 29.3 Å². The van der Waals surface area contributed by atoms with Crippen molar-refractivity contribution in [1.82, 2.24) is 14.4 Å². The highest BCUT2D eigenvalue weighted by atomic mass is 35.5. The fraction of sp³-hybridized carbons (Fsp3) is 0.136. The lowest BCUT2D eigenvalue weighted by atomic mass is 10.0. The number of halogens is 2. The van der Waals surface area contributed by atoms with Gasteiger partial charge in [0.15, 0.2) is 11.5 Å². The lowest BCUT2D eigenvalue weighted by Gasteiger charge is -2.19. The molecule has 0 atom stereocenters. The number of nitrogens with zero attached hydrogens (tertiary/aromatic N) is 3. The lowest BCUT2D eigenvalue weighted by Crippen LogP contribution is -2.14. The largest absolute Gasteiger partial charge is 0.493 e. The van der Waals surface area contributed by atoms with Crippen LogP contribution in [-0.2, 0) is 0 Å². The zero-order valence-electron chi connectivity index (χ0n) is 17.8. The molecule has 1 amide bonds. The number of hydrogen-bond acceptors (Lipinski definition) is 7. The molecular weight excluding hydrogens is 469 g/mol. The number of nitrogens with two attached hydrogens (primary N) is 1. The summed E-state index contributed by atoms with van der Waals surface area (Å²) < 4.78 is 18.2. The summed E-state index contributed by atoms with van der Waals surface area (Å²) in [4.78, 5) is 21.4. The predicted molar refractivity (Wildman–Crippen MR) is 126 cm³/mol. The molecule has 0 aliphatic carbocycles. The third-order valence-electron chi connectivity index (χ3n) is 4.94. The summed E-state index contributed by atoms with van der Waals surface area (Å²) in [7, 11) is 4.35. The van der Waals surface area contributed by atoms with E-state index in [-0.39, 0.29) is 22.8 Å². The number of methoxy groups -OCH3 is 3. The van der Waals surface area contributed by atoms with E-state index in [0.29, 0.717) is 38.6 Å². The fourth-order valence-corrected chi connectivity index (χ4v) is 3.99. The molecule has 0 aliphatic heterocycles. The number of para-hydroxylation sites is 1. The first-order valence-electron chi connectivity index (χ1n) is 9.58. The maximum atomic E-state index is 12.5. The van der Waals surface area contributed by atoms with Crippen LogP contribution in [0.3, 0.4) is 0 Å². The Morgan fingerprint density at radius 3 is 2.36 bits per heavy atom. The van der Waals surface area contributed by atoms with Gasteiger partial charge in [-0.25, -0.2) is 9.97 Å². The van der Waals surface area contributed by atoms with Crippen molar-refractivity contribution in [2.45, 2.75) is 0 Å². The van der Waals surface area contributed by atoms with Gasteiger partial charge in [-0.2, -0.15) is 0 Å². The van der Waals surface area contributed by atoms with Crippen LogP contribution < -0.4 is 25.3 Å². The van der Waals surface area contributed by atoms with Gasteiger partial charge in [0.25, 0.3) is 0 Å². The highest BCUT2D eigenvalue weighted by Gasteiger charge is 2.29. The highest BCUT2D eigenvalue weighted by molar-refractivity contribution is 6.39. The molecule has 0 spiro atoms.